The summed E-state index contributed by atoms with van der Waals surface area (Å²) in [6.07, 6.45) is 5.75. The lowest BCUT2D eigenvalue weighted by molar-refractivity contribution is -0.151. The molecule has 1 amide bonds. The zero-order valence-corrected chi connectivity index (χ0v) is 13.7. The molecule has 0 aromatic heterocycles. The maximum Gasteiger partial charge on any atom is 0.325 e. The largest absolute Gasteiger partial charge is 0.468 e. The molecule has 0 aliphatic heterocycles. The number of nitrogens with two attached hydrogens (primary N) is 1. The second-order valence-corrected chi connectivity index (χ2v) is 6.14. The van der Waals surface area contributed by atoms with E-state index in [1.54, 1.807) is 4.90 Å². The van der Waals surface area contributed by atoms with E-state index in [-0.39, 0.29) is 18.4 Å². The summed E-state index contributed by atoms with van der Waals surface area (Å²) in [5, 5.41) is 0. The number of amides is 1. The molecule has 21 heavy (non-hydrogen) atoms. The second-order valence-electron chi connectivity index (χ2n) is 6.14. The summed E-state index contributed by atoms with van der Waals surface area (Å²) in [6.45, 7) is 5.25. The van der Waals surface area contributed by atoms with Gasteiger partial charge in [-0.05, 0) is 18.8 Å². The number of ether oxygens (including phenoxy) is 1. The predicted molar refractivity (Wildman–Crippen MR) is 82.6 cm³/mol. The fraction of sp³-hybridized carbons (Fsp3) is 0.875. The van der Waals surface area contributed by atoms with Crippen LogP contribution in [0, 0.1) is 11.3 Å². The van der Waals surface area contributed by atoms with Crippen LogP contribution >= 0.6 is 0 Å². The lowest BCUT2D eigenvalue weighted by atomic mass is 9.84. The summed E-state index contributed by atoms with van der Waals surface area (Å²) >= 11 is 0. The summed E-state index contributed by atoms with van der Waals surface area (Å²) < 4.78 is 4.74. The number of rotatable bonds is 8. The molecular formula is C16H30N2O3. The van der Waals surface area contributed by atoms with Crippen molar-refractivity contribution in [3.05, 3.63) is 0 Å². The van der Waals surface area contributed by atoms with Crippen molar-refractivity contribution in [1.82, 2.24) is 4.90 Å². The maximum absolute atomic E-state index is 13.0. The quantitative estimate of drug-likeness (QED) is 0.695. The number of carbonyl (C=O) groups is 2. The summed E-state index contributed by atoms with van der Waals surface area (Å²) in [5.74, 6) is 0.0918. The van der Waals surface area contributed by atoms with Gasteiger partial charge in [-0.15, -0.1) is 0 Å². The van der Waals surface area contributed by atoms with E-state index in [4.69, 9.17) is 10.5 Å². The number of hydrogen-bond acceptors (Lipinski definition) is 4. The molecule has 0 saturated heterocycles. The van der Waals surface area contributed by atoms with E-state index >= 15 is 0 Å². The molecule has 0 unspecified atom stereocenters. The molecular weight excluding hydrogens is 268 g/mol. The highest BCUT2D eigenvalue weighted by atomic mass is 16.5. The minimum Gasteiger partial charge on any atom is -0.468 e. The first-order valence-electron chi connectivity index (χ1n) is 8.09. The van der Waals surface area contributed by atoms with Crippen molar-refractivity contribution in [3.8, 4) is 0 Å². The number of nitrogens with zero attached hydrogens (tertiary/aromatic N) is 1. The van der Waals surface area contributed by atoms with E-state index < -0.39 is 5.41 Å². The fourth-order valence-electron chi connectivity index (χ4n) is 3.19. The molecule has 2 N–H and O–H groups in total. The van der Waals surface area contributed by atoms with Crippen molar-refractivity contribution in [3.63, 3.8) is 0 Å². The molecule has 1 saturated carbocycles. The lowest BCUT2D eigenvalue weighted by Crippen LogP contribution is -2.50. The van der Waals surface area contributed by atoms with E-state index in [0.717, 1.165) is 38.5 Å². The SMILES string of the molecule is CCC(CC)CN(CC(=O)OC)C(=O)C1(CN)CCCC1. The Bertz CT molecular complexity index is 347. The molecule has 122 valence electrons. The van der Waals surface area contributed by atoms with Crippen molar-refractivity contribution in [2.75, 3.05) is 26.7 Å². The van der Waals surface area contributed by atoms with Gasteiger partial charge < -0.3 is 15.4 Å². The number of hydrogen-bond donors (Lipinski definition) is 1. The van der Waals surface area contributed by atoms with Gasteiger partial charge in [0.25, 0.3) is 0 Å². The molecule has 1 rings (SSSR count). The minimum absolute atomic E-state index is 0.0353. The van der Waals surface area contributed by atoms with Gasteiger partial charge in [0.15, 0.2) is 0 Å². The molecule has 0 aromatic rings. The van der Waals surface area contributed by atoms with Gasteiger partial charge in [0, 0.05) is 13.1 Å². The van der Waals surface area contributed by atoms with Crippen molar-refractivity contribution < 1.29 is 14.3 Å². The van der Waals surface area contributed by atoms with Gasteiger partial charge in [0.1, 0.15) is 6.54 Å². The average molecular weight is 298 g/mol. The Hall–Kier alpha value is -1.10. The van der Waals surface area contributed by atoms with Crippen molar-refractivity contribution in [2.45, 2.75) is 52.4 Å². The molecule has 0 bridgehead atoms. The van der Waals surface area contributed by atoms with Gasteiger partial charge >= 0.3 is 5.97 Å². The van der Waals surface area contributed by atoms with E-state index in [0.29, 0.717) is 19.0 Å². The summed E-state index contributed by atoms with van der Waals surface area (Å²) in [6, 6.07) is 0. The molecule has 1 fully saturated rings. The molecule has 0 atom stereocenters. The number of esters is 1. The van der Waals surface area contributed by atoms with Gasteiger partial charge in [0.05, 0.1) is 12.5 Å². The predicted octanol–water partition coefficient (Wildman–Crippen LogP) is 1.94. The van der Waals surface area contributed by atoms with Crippen LogP contribution in [0.4, 0.5) is 0 Å². The summed E-state index contributed by atoms with van der Waals surface area (Å²) in [4.78, 5) is 26.3. The number of methoxy groups -OCH3 is 1. The number of carbonyl (C=O) groups excluding carboxylic acids is 2. The van der Waals surface area contributed by atoms with Crippen molar-refractivity contribution in [1.29, 1.82) is 0 Å². The highest BCUT2D eigenvalue weighted by Gasteiger charge is 2.43. The van der Waals surface area contributed by atoms with Gasteiger partial charge in [-0.25, -0.2) is 0 Å². The van der Waals surface area contributed by atoms with E-state index in [1.165, 1.54) is 7.11 Å². The van der Waals surface area contributed by atoms with Crippen LogP contribution < -0.4 is 5.73 Å². The normalized spacial score (nSPS) is 17.0. The Labute approximate surface area is 128 Å². The van der Waals surface area contributed by atoms with Crippen molar-refractivity contribution in [2.24, 2.45) is 17.1 Å². The highest BCUT2D eigenvalue weighted by Crippen LogP contribution is 2.39. The monoisotopic (exact) mass is 298 g/mol. The van der Waals surface area contributed by atoms with Crippen LogP contribution in [-0.2, 0) is 14.3 Å². The topological polar surface area (TPSA) is 72.6 Å². The standard InChI is InChI=1S/C16H30N2O3/c1-4-13(5-2)10-18(11-14(19)21-3)15(20)16(12-17)8-6-7-9-16/h13H,4-12,17H2,1-3H3. The van der Waals surface area contributed by atoms with E-state index in [1.807, 2.05) is 0 Å². The van der Waals surface area contributed by atoms with E-state index in [2.05, 4.69) is 13.8 Å². The van der Waals surface area contributed by atoms with Crippen LogP contribution in [0.5, 0.6) is 0 Å². The van der Waals surface area contributed by atoms with Gasteiger partial charge in [-0.2, -0.15) is 0 Å². The molecule has 5 nitrogen and oxygen atoms in total. The minimum atomic E-state index is -0.458. The first-order valence-corrected chi connectivity index (χ1v) is 8.09. The lowest BCUT2D eigenvalue weighted by Gasteiger charge is -2.34. The fourth-order valence-corrected chi connectivity index (χ4v) is 3.19. The van der Waals surface area contributed by atoms with Gasteiger partial charge in [-0.1, -0.05) is 39.5 Å². The highest BCUT2D eigenvalue weighted by molar-refractivity contribution is 5.86. The summed E-state index contributed by atoms with van der Waals surface area (Å²) in [7, 11) is 1.36. The van der Waals surface area contributed by atoms with Crippen LogP contribution in [0.3, 0.4) is 0 Å². The Morgan fingerprint density at radius 1 is 1.24 bits per heavy atom. The van der Waals surface area contributed by atoms with Crippen molar-refractivity contribution >= 4 is 11.9 Å². The zero-order valence-electron chi connectivity index (χ0n) is 13.7. The Kier molecular flexibility index (Phi) is 7.15. The van der Waals surface area contributed by atoms with Gasteiger partial charge in [-0.3, -0.25) is 9.59 Å². The average Bonchev–Trinajstić information content (AvgIpc) is 3.00. The third-order valence-corrected chi connectivity index (χ3v) is 4.87. The second kappa shape index (κ2) is 8.37. The van der Waals surface area contributed by atoms with Crippen LogP contribution in [0.15, 0.2) is 0 Å². The molecule has 0 spiro atoms. The molecule has 0 heterocycles. The zero-order chi connectivity index (χ0) is 15.9. The van der Waals surface area contributed by atoms with Crippen LogP contribution in [-0.4, -0.2) is 43.5 Å². The smallest absolute Gasteiger partial charge is 0.325 e. The van der Waals surface area contributed by atoms with Gasteiger partial charge in [0.2, 0.25) is 5.91 Å². The third kappa shape index (κ3) is 4.43. The van der Waals surface area contributed by atoms with E-state index in [9.17, 15) is 9.59 Å². The van der Waals surface area contributed by atoms with Crippen LogP contribution in [0.1, 0.15) is 52.4 Å². The third-order valence-electron chi connectivity index (χ3n) is 4.87. The van der Waals surface area contributed by atoms with Crippen LogP contribution in [0.2, 0.25) is 0 Å². The Balaban J connectivity index is 2.87. The Morgan fingerprint density at radius 2 is 1.81 bits per heavy atom. The molecule has 1 aliphatic rings. The first-order chi connectivity index (χ1) is 10.0. The molecule has 5 heteroatoms. The Morgan fingerprint density at radius 3 is 2.24 bits per heavy atom. The first kappa shape index (κ1) is 18.0. The molecule has 1 aliphatic carbocycles. The van der Waals surface area contributed by atoms with Crippen LogP contribution in [0.25, 0.3) is 0 Å². The molecule has 0 aromatic carbocycles. The maximum atomic E-state index is 13.0. The molecule has 0 radical (unpaired) electrons. The summed E-state index contributed by atoms with van der Waals surface area (Å²) in [5.41, 5.74) is 5.44.